The van der Waals surface area contributed by atoms with Crippen molar-refractivity contribution in [3.8, 4) is 11.5 Å². The van der Waals surface area contributed by atoms with Crippen molar-refractivity contribution < 1.29 is 4.74 Å². The van der Waals surface area contributed by atoms with Gasteiger partial charge in [-0.3, -0.25) is 0 Å². The summed E-state index contributed by atoms with van der Waals surface area (Å²) in [7, 11) is 0. The maximum absolute atomic E-state index is 6.29. The van der Waals surface area contributed by atoms with E-state index in [9.17, 15) is 0 Å². The molecule has 20 heavy (non-hydrogen) atoms. The summed E-state index contributed by atoms with van der Waals surface area (Å²) in [5.74, 6) is 1.55. The van der Waals surface area contributed by atoms with Crippen molar-refractivity contribution in [1.29, 1.82) is 0 Å². The summed E-state index contributed by atoms with van der Waals surface area (Å²) < 4.78 is 6.07. The Hall–Kier alpha value is -1.51. The van der Waals surface area contributed by atoms with E-state index in [1.165, 1.54) is 0 Å². The molecule has 0 aliphatic rings. The summed E-state index contributed by atoms with van der Waals surface area (Å²) >= 11 is 6.29. The molecule has 0 aliphatic heterocycles. The quantitative estimate of drug-likeness (QED) is 0.890. The number of hydrogen-bond donors (Lipinski definition) is 1. The molecule has 0 saturated carbocycles. The van der Waals surface area contributed by atoms with Crippen LogP contribution in [0.2, 0.25) is 5.02 Å². The molecule has 1 unspecified atom stereocenters. The van der Waals surface area contributed by atoms with Crippen LogP contribution < -0.4 is 10.5 Å². The van der Waals surface area contributed by atoms with E-state index in [2.05, 4.69) is 6.07 Å². The third-order valence-electron chi connectivity index (χ3n) is 3.15. The molecule has 0 aromatic heterocycles. The van der Waals surface area contributed by atoms with Gasteiger partial charge in [0.05, 0.1) is 5.02 Å². The maximum Gasteiger partial charge on any atom is 0.149 e. The van der Waals surface area contributed by atoms with Crippen LogP contribution in [0.15, 0.2) is 36.4 Å². The molecule has 106 valence electrons. The normalized spacial score (nSPS) is 12.2. The van der Waals surface area contributed by atoms with Gasteiger partial charge in [0.1, 0.15) is 11.5 Å². The van der Waals surface area contributed by atoms with Gasteiger partial charge in [-0.1, -0.05) is 35.9 Å². The number of para-hydroxylation sites is 1. The lowest BCUT2D eigenvalue weighted by molar-refractivity contribution is 0.470. The zero-order valence-electron chi connectivity index (χ0n) is 12.1. The fourth-order valence-electron chi connectivity index (χ4n) is 2.10. The van der Waals surface area contributed by atoms with Crippen LogP contribution in [0.5, 0.6) is 11.5 Å². The molecule has 1 atom stereocenters. The van der Waals surface area contributed by atoms with Gasteiger partial charge in [-0.05, 0) is 56.0 Å². The van der Waals surface area contributed by atoms with E-state index >= 15 is 0 Å². The molecule has 0 heterocycles. The Kier molecular flexibility index (Phi) is 4.69. The van der Waals surface area contributed by atoms with Gasteiger partial charge in [0, 0.05) is 6.04 Å². The molecule has 0 amide bonds. The van der Waals surface area contributed by atoms with E-state index in [0.29, 0.717) is 10.8 Å². The molecule has 0 bridgehead atoms. The lowest BCUT2D eigenvalue weighted by Crippen LogP contribution is -2.18. The lowest BCUT2D eigenvalue weighted by Gasteiger charge is -2.16. The molecule has 2 aromatic carbocycles. The third-order valence-corrected chi connectivity index (χ3v) is 3.44. The van der Waals surface area contributed by atoms with Crippen molar-refractivity contribution in [2.75, 3.05) is 0 Å². The Morgan fingerprint density at radius 2 is 1.95 bits per heavy atom. The first-order chi connectivity index (χ1) is 9.47. The molecule has 2 nitrogen and oxygen atoms in total. The van der Waals surface area contributed by atoms with Gasteiger partial charge in [-0.2, -0.15) is 0 Å². The summed E-state index contributed by atoms with van der Waals surface area (Å²) in [4.78, 5) is 0. The molecule has 2 aromatic rings. The molecular formula is C17H20ClNO. The van der Waals surface area contributed by atoms with Crippen molar-refractivity contribution >= 4 is 11.6 Å². The molecule has 3 heteroatoms. The summed E-state index contributed by atoms with van der Waals surface area (Å²) in [6.45, 7) is 6.04. The van der Waals surface area contributed by atoms with Crippen molar-refractivity contribution in [3.63, 3.8) is 0 Å². The zero-order chi connectivity index (χ0) is 14.7. The smallest absolute Gasteiger partial charge is 0.149 e. The zero-order valence-corrected chi connectivity index (χ0v) is 12.9. The fraction of sp³-hybridized carbons (Fsp3) is 0.294. The van der Waals surface area contributed by atoms with Gasteiger partial charge < -0.3 is 10.5 Å². The van der Waals surface area contributed by atoms with Crippen LogP contribution in [0.1, 0.15) is 23.6 Å². The van der Waals surface area contributed by atoms with Gasteiger partial charge in [-0.15, -0.1) is 0 Å². The molecule has 0 fully saturated rings. The number of hydrogen-bond acceptors (Lipinski definition) is 2. The predicted molar refractivity (Wildman–Crippen MR) is 84.8 cm³/mol. The summed E-state index contributed by atoms with van der Waals surface area (Å²) in [5, 5.41) is 0.615. The van der Waals surface area contributed by atoms with Gasteiger partial charge >= 0.3 is 0 Å². The highest BCUT2D eigenvalue weighted by Crippen LogP contribution is 2.35. The largest absolute Gasteiger partial charge is 0.455 e. The molecule has 2 rings (SSSR count). The number of halogens is 1. The van der Waals surface area contributed by atoms with E-state index < -0.39 is 0 Å². The Morgan fingerprint density at radius 1 is 1.20 bits per heavy atom. The number of ether oxygens (including phenoxy) is 1. The molecule has 0 radical (unpaired) electrons. The molecule has 0 saturated heterocycles. The van der Waals surface area contributed by atoms with Gasteiger partial charge in [0.2, 0.25) is 0 Å². The van der Waals surface area contributed by atoms with Crippen LogP contribution in [0.25, 0.3) is 0 Å². The number of rotatable bonds is 4. The van der Waals surface area contributed by atoms with Crippen LogP contribution >= 0.6 is 11.6 Å². The minimum atomic E-state index is 0.0643. The van der Waals surface area contributed by atoms with Crippen molar-refractivity contribution in [1.82, 2.24) is 0 Å². The minimum Gasteiger partial charge on any atom is -0.455 e. The van der Waals surface area contributed by atoms with Crippen LogP contribution in [0.3, 0.4) is 0 Å². The van der Waals surface area contributed by atoms with E-state index in [1.807, 2.05) is 51.1 Å². The van der Waals surface area contributed by atoms with Gasteiger partial charge in [-0.25, -0.2) is 0 Å². The van der Waals surface area contributed by atoms with Crippen molar-refractivity contribution in [2.45, 2.75) is 33.2 Å². The first-order valence-corrected chi connectivity index (χ1v) is 7.13. The SMILES string of the molecule is Cc1ccc(C)c(Oc2c(Cl)cccc2CC(C)N)c1. The Morgan fingerprint density at radius 3 is 2.65 bits per heavy atom. The van der Waals surface area contributed by atoms with E-state index in [-0.39, 0.29) is 6.04 Å². The van der Waals surface area contributed by atoms with Crippen molar-refractivity contribution in [2.24, 2.45) is 5.73 Å². The summed E-state index contributed by atoms with van der Waals surface area (Å²) in [6, 6.07) is 12.0. The summed E-state index contributed by atoms with van der Waals surface area (Å²) in [5.41, 5.74) is 9.17. The van der Waals surface area contributed by atoms with Crippen LogP contribution in [0.4, 0.5) is 0 Å². The van der Waals surface area contributed by atoms with Crippen LogP contribution in [-0.4, -0.2) is 6.04 Å². The fourth-order valence-corrected chi connectivity index (χ4v) is 2.34. The second-order valence-electron chi connectivity index (χ2n) is 5.28. The lowest BCUT2D eigenvalue weighted by atomic mass is 10.1. The Labute approximate surface area is 125 Å². The van der Waals surface area contributed by atoms with E-state index in [1.54, 1.807) is 0 Å². The van der Waals surface area contributed by atoms with E-state index in [0.717, 1.165) is 28.9 Å². The highest BCUT2D eigenvalue weighted by atomic mass is 35.5. The third kappa shape index (κ3) is 3.53. The van der Waals surface area contributed by atoms with Crippen LogP contribution in [0, 0.1) is 13.8 Å². The van der Waals surface area contributed by atoms with Gasteiger partial charge in [0.15, 0.2) is 0 Å². The molecule has 2 N–H and O–H groups in total. The van der Waals surface area contributed by atoms with Gasteiger partial charge in [0.25, 0.3) is 0 Å². The number of nitrogens with two attached hydrogens (primary N) is 1. The second-order valence-corrected chi connectivity index (χ2v) is 5.69. The first-order valence-electron chi connectivity index (χ1n) is 6.75. The van der Waals surface area contributed by atoms with Crippen molar-refractivity contribution in [3.05, 3.63) is 58.1 Å². The molecular weight excluding hydrogens is 270 g/mol. The number of benzene rings is 2. The highest BCUT2D eigenvalue weighted by molar-refractivity contribution is 6.32. The maximum atomic E-state index is 6.29. The average Bonchev–Trinajstić information content (AvgIpc) is 2.37. The Bertz CT molecular complexity index is 608. The van der Waals surface area contributed by atoms with Crippen LogP contribution in [-0.2, 0) is 6.42 Å². The van der Waals surface area contributed by atoms with E-state index in [4.69, 9.17) is 22.1 Å². The highest BCUT2D eigenvalue weighted by Gasteiger charge is 2.12. The average molecular weight is 290 g/mol. The summed E-state index contributed by atoms with van der Waals surface area (Å²) in [6.07, 6.45) is 0.737. The monoisotopic (exact) mass is 289 g/mol. The second kappa shape index (κ2) is 6.29. The standard InChI is InChI=1S/C17H20ClNO/c1-11-7-8-12(2)16(9-11)20-17-14(10-13(3)19)5-4-6-15(17)18/h4-9,13H,10,19H2,1-3H3. The molecule has 0 spiro atoms. The first kappa shape index (κ1) is 14.9. The minimum absolute atomic E-state index is 0.0643. The number of aryl methyl sites for hydroxylation is 2. The topological polar surface area (TPSA) is 35.2 Å². The molecule has 0 aliphatic carbocycles. The predicted octanol–water partition coefficient (Wildman–Crippen LogP) is 4.64. The Balaban J connectivity index is 2.39.